The Balaban J connectivity index is 0.00000324. The van der Waals surface area contributed by atoms with E-state index in [9.17, 15) is 0 Å². The Hall–Kier alpha value is -0.640. The summed E-state index contributed by atoms with van der Waals surface area (Å²) in [5.41, 5.74) is 1.10. The predicted octanol–water partition coefficient (Wildman–Crippen LogP) is 3.91. The molecule has 0 radical (unpaired) electrons. The second-order valence-corrected chi connectivity index (χ2v) is 5.08. The van der Waals surface area contributed by atoms with Crippen LogP contribution in [0.3, 0.4) is 0 Å². The van der Waals surface area contributed by atoms with Gasteiger partial charge in [0.1, 0.15) is 0 Å². The fraction of sp³-hybridized carbons (Fsp3) is 0.571. The van der Waals surface area contributed by atoms with E-state index in [1.807, 2.05) is 12.1 Å². The van der Waals surface area contributed by atoms with Gasteiger partial charge in [-0.05, 0) is 36.6 Å². The molecule has 0 aliphatic heterocycles. The molecule has 1 rings (SSSR count). The molecule has 1 N–H and O–H groups in total. The maximum absolute atomic E-state index is 6.14. The SMILES string of the molecule is COc1cc(CNCCC(C)C)cc(Cl)c1OC.Cl. The maximum Gasteiger partial charge on any atom is 0.179 e. The fourth-order valence-electron chi connectivity index (χ4n) is 1.70. The van der Waals surface area contributed by atoms with Crippen LogP contribution < -0.4 is 14.8 Å². The number of benzene rings is 1. The van der Waals surface area contributed by atoms with Crippen LogP contribution in [-0.2, 0) is 6.54 Å². The van der Waals surface area contributed by atoms with Gasteiger partial charge >= 0.3 is 0 Å². The van der Waals surface area contributed by atoms with Gasteiger partial charge in [0, 0.05) is 6.54 Å². The molecule has 0 fully saturated rings. The van der Waals surface area contributed by atoms with Gasteiger partial charge in [0.2, 0.25) is 0 Å². The summed E-state index contributed by atoms with van der Waals surface area (Å²) < 4.78 is 10.5. The molecule has 0 aliphatic carbocycles. The van der Waals surface area contributed by atoms with Crippen LogP contribution in [0.25, 0.3) is 0 Å². The van der Waals surface area contributed by atoms with Crippen LogP contribution in [0.15, 0.2) is 12.1 Å². The number of nitrogens with one attached hydrogen (secondary N) is 1. The van der Waals surface area contributed by atoms with Crippen LogP contribution in [-0.4, -0.2) is 20.8 Å². The maximum atomic E-state index is 6.14. The van der Waals surface area contributed by atoms with Crippen molar-refractivity contribution in [3.05, 3.63) is 22.7 Å². The number of methoxy groups -OCH3 is 2. The summed E-state index contributed by atoms with van der Waals surface area (Å²) in [4.78, 5) is 0. The van der Waals surface area contributed by atoms with Gasteiger partial charge in [-0.25, -0.2) is 0 Å². The molecule has 0 aromatic heterocycles. The van der Waals surface area contributed by atoms with Gasteiger partial charge in [-0.3, -0.25) is 0 Å². The molecule has 0 spiro atoms. The van der Waals surface area contributed by atoms with Gasteiger partial charge in [0.05, 0.1) is 19.2 Å². The predicted molar refractivity (Wildman–Crippen MR) is 83.0 cm³/mol. The van der Waals surface area contributed by atoms with Gasteiger partial charge in [-0.1, -0.05) is 25.4 Å². The van der Waals surface area contributed by atoms with E-state index in [-0.39, 0.29) is 12.4 Å². The monoisotopic (exact) mass is 307 g/mol. The Morgan fingerprint density at radius 1 is 1.21 bits per heavy atom. The zero-order valence-electron chi connectivity index (χ0n) is 12.0. The lowest BCUT2D eigenvalue weighted by Crippen LogP contribution is -2.16. The van der Waals surface area contributed by atoms with Crippen molar-refractivity contribution in [2.24, 2.45) is 5.92 Å². The number of ether oxygens (including phenoxy) is 2. The molecule has 0 aliphatic rings. The number of hydrogen-bond acceptors (Lipinski definition) is 3. The molecule has 1 aromatic carbocycles. The highest BCUT2D eigenvalue weighted by atomic mass is 35.5. The van der Waals surface area contributed by atoms with Crippen molar-refractivity contribution in [3.63, 3.8) is 0 Å². The van der Waals surface area contributed by atoms with Crippen molar-refractivity contribution in [2.45, 2.75) is 26.8 Å². The first-order chi connectivity index (χ1) is 8.58. The molecule has 0 bridgehead atoms. The minimum absolute atomic E-state index is 0. The van der Waals surface area contributed by atoms with Crippen molar-refractivity contribution in [2.75, 3.05) is 20.8 Å². The summed E-state index contributed by atoms with van der Waals surface area (Å²) in [6.07, 6.45) is 1.17. The Morgan fingerprint density at radius 3 is 2.42 bits per heavy atom. The molecular weight excluding hydrogens is 285 g/mol. The molecular formula is C14H23Cl2NO2. The average Bonchev–Trinajstić information content (AvgIpc) is 2.33. The van der Waals surface area contributed by atoms with Crippen LogP contribution in [0.4, 0.5) is 0 Å². The Morgan fingerprint density at radius 2 is 1.89 bits per heavy atom. The zero-order chi connectivity index (χ0) is 13.5. The van der Waals surface area contributed by atoms with E-state index in [0.717, 1.165) is 18.7 Å². The van der Waals surface area contributed by atoms with Crippen molar-refractivity contribution in [3.8, 4) is 11.5 Å². The third kappa shape index (κ3) is 5.89. The molecule has 3 nitrogen and oxygen atoms in total. The summed E-state index contributed by atoms with van der Waals surface area (Å²) in [6, 6.07) is 3.86. The van der Waals surface area contributed by atoms with Gasteiger partial charge in [-0.15, -0.1) is 12.4 Å². The average molecular weight is 308 g/mol. The third-order valence-corrected chi connectivity index (χ3v) is 3.00. The highest BCUT2D eigenvalue weighted by molar-refractivity contribution is 6.32. The lowest BCUT2D eigenvalue weighted by Gasteiger charge is -2.12. The van der Waals surface area contributed by atoms with Gasteiger partial charge in [-0.2, -0.15) is 0 Å². The van der Waals surface area contributed by atoms with Crippen LogP contribution in [0.5, 0.6) is 11.5 Å². The summed E-state index contributed by atoms with van der Waals surface area (Å²) in [6.45, 7) is 6.22. The Labute approximate surface area is 127 Å². The Kier molecular flexibility index (Phi) is 8.98. The fourth-order valence-corrected chi connectivity index (χ4v) is 2.01. The highest BCUT2D eigenvalue weighted by Gasteiger charge is 2.10. The number of hydrogen-bond donors (Lipinski definition) is 1. The third-order valence-electron chi connectivity index (χ3n) is 2.72. The molecule has 0 heterocycles. The van der Waals surface area contributed by atoms with Gasteiger partial charge < -0.3 is 14.8 Å². The summed E-state index contributed by atoms with van der Waals surface area (Å²) in [7, 11) is 3.20. The Bertz CT molecular complexity index is 384. The standard InChI is InChI=1S/C14H22ClNO2.ClH/c1-10(2)5-6-16-9-11-7-12(15)14(18-4)13(8-11)17-3;/h7-8,10,16H,5-6,9H2,1-4H3;1H. The zero-order valence-corrected chi connectivity index (χ0v) is 13.5. The molecule has 0 saturated carbocycles. The smallest absolute Gasteiger partial charge is 0.179 e. The first-order valence-corrected chi connectivity index (χ1v) is 6.57. The number of halogens is 2. The minimum atomic E-state index is 0. The van der Waals surface area contributed by atoms with Crippen molar-refractivity contribution in [1.29, 1.82) is 0 Å². The van der Waals surface area contributed by atoms with Crippen LogP contribution >= 0.6 is 24.0 Å². The molecule has 110 valence electrons. The van der Waals surface area contributed by atoms with Crippen LogP contribution in [0, 0.1) is 5.92 Å². The molecule has 0 atom stereocenters. The summed E-state index contributed by atoms with van der Waals surface area (Å²) >= 11 is 6.14. The molecule has 1 aromatic rings. The molecule has 19 heavy (non-hydrogen) atoms. The first kappa shape index (κ1) is 18.4. The van der Waals surface area contributed by atoms with Gasteiger partial charge in [0.15, 0.2) is 11.5 Å². The van der Waals surface area contributed by atoms with E-state index in [1.165, 1.54) is 6.42 Å². The van der Waals surface area contributed by atoms with E-state index in [2.05, 4.69) is 19.2 Å². The molecule has 5 heteroatoms. The van der Waals surface area contributed by atoms with E-state index in [0.29, 0.717) is 22.4 Å². The highest BCUT2D eigenvalue weighted by Crippen LogP contribution is 2.35. The lowest BCUT2D eigenvalue weighted by molar-refractivity contribution is 0.354. The quantitative estimate of drug-likeness (QED) is 0.775. The first-order valence-electron chi connectivity index (χ1n) is 6.19. The molecule has 0 amide bonds. The van der Waals surface area contributed by atoms with E-state index < -0.39 is 0 Å². The second kappa shape index (κ2) is 9.29. The van der Waals surface area contributed by atoms with E-state index >= 15 is 0 Å². The van der Waals surface area contributed by atoms with Crippen molar-refractivity contribution < 1.29 is 9.47 Å². The summed E-state index contributed by atoms with van der Waals surface area (Å²) in [5, 5.41) is 3.98. The molecule has 0 saturated heterocycles. The van der Waals surface area contributed by atoms with Crippen molar-refractivity contribution in [1.82, 2.24) is 5.32 Å². The minimum Gasteiger partial charge on any atom is -0.493 e. The molecule has 0 unspecified atom stereocenters. The second-order valence-electron chi connectivity index (χ2n) is 4.67. The van der Waals surface area contributed by atoms with Crippen LogP contribution in [0.2, 0.25) is 5.02 Å². The van der Waals surface area contributed by atoms with Gasteiger partial charge in [0.25, 0.3) is 0 Å². The summed E-state index contributed by atoms with van der Waals surface area (Å²) in [5.74, 6) is 1.97. The number of rotatable bonds is 7. The largest absolute Gasteiger partial charge is 0.493 e. The topological polar surface area (TPSA) is 30.5 Å². The van der Waals surface area contributed by atoms with E-state index in [1.54, 1.807) is 14.2 Å². The van der Waals surface area contributed by atoms with Crippen LogP contribution in [0.1, 0.15) is 25.8 Å². The normalized spacial score (nSPS) is 10.2. The lowest BCUT2D eigenvalue weighted by atomic mass is 10.1. The van der Waals surface area contributed by atoms with Crippen molar-refractivity contribution >= 4 is 24.0 Å². The van der Waals surface area contributed by atoms with E-state index in [4.69, 9.17) is 21.1 Å².